The number of hydrogen-bond donors (Lipinski definition) is 0. The molecule has 4 fully saturated rings. The lowest BCUT2D eigenvalue weighted by Crippen LogP contribution is -2.43. The molecule has 6 aliphatic rings. The van der Waals surface area contributed by atoms with Crippen molar-refractivity contribution < 1.29 is 18.3 Å². The summed E-state index contributed by atoms with van der Waals surface area (Å²) >= 11 is 12.2. The fourth-order valence-electron chi connectivity index (χ4n) is 11.7. The van der Waals surface area contributed by atoms with Gasteiger partial charge in [0.1, 0.15) is 23.8 Å². The van der Waals surface area contributed by atoms with Crippen molar-refractivity contribution in [3.05, 3.63) is 128 Å². The first-order chi connectivity index (χ1) is 32.1. The third-order valence-corrected chi connectivity index (χ3v) is 15.1. The summed E-state index contributed by atoms with van der Waals surface area (Å²) < 4.78 is 43.7. The molecule has 2 unspecified atom stereocenters. The zero-order chi connectivity index (χ0) is 45.1. The smallest absolute Gasteiger partial charge is 0.161 e. The first-order valence-electron chi connectivity index (χ1n) is 23.2. The molecule has 6 aromatic rings. The second-order valence-electron chi connectivity index (χ2n) is 19.0. The molecule has 4 aliphatic heterocycles. The van der Waals surface area contributed by atoms with E-state index in [0.717, 1.165) is 73.7 Å². The Morgan fingerprint density at radius 1 is 0.576 bits per heavy atom. The van der Waals surface area contributed by atoms with Crippen LogP contribution in [0.5, 0.6) is 0 Å². The summed E-state index contributed by atoms with van der Waals surface area (Å²) in [6.45, 7) is 10.4. The van der Waals surface area contributed by atoms with E-state index >= 15 is 0 Å². The van der Waals surface area contributed by atoms with Crippen LogP contribution in [0.1, 0.15) is 83.7 Å². The topological polar surface area (TPSA) is 138 Å². The van der Waals surface area contributed by atoms with E-state index in [0.29, 0.717) is 83.0 Å². The summed E-state index contributed by atoms with van der Waals surface area (Å²) in [5, 5.41) is 26.8. The molecular weight excluding hydrogens is 886 g/mol. The van der Waals surface area contributed by atoms with Crippen molar-refractivity contribution in [2.45, 2.75) is 77.7 Å². The number of anilines is 2. The van der Waals surface area contributed by atoms with Gasteiger partial charge >= 0.3 is 0 Å². The van der Waals surface area contributed by atoms with Crippen LogP contribution in [0, 0.1) is 61.0 Å². The summed E-state index contributed by atoms with van der Waals surface area (Å²) in [4.78, 5) is 14.7. The zero-order valence-corrected chi connectivity index (χ0v) is 38.5. The Morgan fingerprint density at radius 2 is 0.985 bits per heavy atom. The van der Waals surface area contributed by atoms with Crippen molar-refractivity contribution >= 4 is 34.6 Å². The predicted molar refractivity (Wildman–Crippen MR) is 243 cm³/mol. The molecule has 2 saturated heterocycles. The van der Waals surface area contributed by atoms with E-state index in [1.165, 1.54) is 61.3 Å². The number of aryl methyl sites for hydroxylation is 2. The second-order valence-corrected chi connectivity index (χ2v) is 19.9. The van der Waals surface area contributed by atoms with Crippen LogP contribution in [0.15, 0.2) is 60.9 Å². The minimum Gasteiger partial charge on any atom is -0.370 e. The van der Waals surface area contributed by atoms with Gasteiger partial charge in [-0.3, -0.25) is 0 Å². The van der Waals surface area contributed by atoms with Gasteiger partial charge in [0.05, 0.1) is 61.5 Å². The number of piperidine rings is 2. The van der Waals surface area contributed by atoms with E-state index in [9.17, 15) is 8.78 Å². The van der Waals surface area contributed by atoms with Gasteiger partial charge in [-0.1, -0.05) is 23.2 Å². The Kier molecular flexibility index (Phi) is 11.9. The minimum absolute atomic E-state index is 0.355. The summed E-state index contributed by atoms with van der Waals surface area (Å²) in [6, 6.07) is 13.3. The van der Waals surface area contributed by atoms with Gasteiger partial charge in [0, 0.05) is 49.1 Å². The molecule has 14 nitrogen and oxygen atoms in total. The first-order valence-corrected chi connectivity index (χ1v) is 23.9. The van der Waals surface area contributed by atoms with Crippen LogP contribution in [0.2, 0.25) is 10.0 Å². The molecule has 66 heavy (non-hydrogen) atoms. The fraction of sp³-hybridized carbons (Fsp3) is 0.500. The van der Waals surface area contributed by atoms with E-state index in [2.05, 4.69) is 42.3 Å². The molecule has 344 valence electrons. The molecule has 8 atom stereocenters. The van der Waals surface area contributed by atoms with Crippen LogP contribution in [0.4, 0.5) is 20.2 Å². The van der Waals surface area contributed by atoms with Crippen molar-refractivity contribution in [2.75, 3.05) is 49.2 Å². The van der Waals surface area contributed by atoms with Crippen LogP contribution >= 0.6 is 23.2 Å². The average Bonchev–Trinajstić information content (AvgIpc) is 4.01. The summed E-state index contributed by atoms with van der Waals surface area (Å²) in [6.07, 6.45) is 9.54. The Morgan fingerprint density at radius 3 is 1.36 bits per heavy atom. The van der Waals surface area contributed by atoms with Crippen LogP contribution in [-0.4, -0.2) is 89.3 Å². The van der Waals surface area contributed by atoms with Crippen molar-refractivity contribution in [3.8, 4) is 0 Å². The Balaban J connectivity index is 0.000000146. The van der Waals surface area contributed by atoms with Crippen molar-refractivity contribution in [2.24, 2.45) is 35.5 Å². The highest BCUT2D eigenvalue weighted by molar-refractivity contribution is 6.30. The van der Waals surface area contributed by atoms with Gasteiger partial charge in [-0.05, 0) is 135 Å². The molecule has 0 amide bonds. The van der Waals surface area contributed by atoms with E-state index in [1.807, 2.05) is 35.6 Å². The molecule has 0 N–H and O–H groups in total. The number of nitrogens with zero attached hydrogens (tertiary/aromatic N) is 12. The van der Waals surface area contributed by atoms with Crippen LogP contribution in [0.3, 0.4) is 0 Å². The second kappa shape index (κ2) is 18.1. The lowest BCUT2D eigenvalue weighted by molar-refractivity contribution is 0.0387. The number of aromatic nitrogens is 10. The van der Waals surface area contributed by atoms with E-state index in [4.69, 9.17) is 52.8 Å². The van der Waals surface area contributed by atoms with Gasteiger partial charge in [-0.15, -0.1) is 0 Å². The monoisotopic (exact) mass is 936 g/mol. The van der Waals surface area contributed by atoms with Gasteiger partial charge in [0.15, 0.2) is 23.3 Å². The van der Waals surface area contributed by atoms with E-state index in [1.54, 1.807) is 12.1 Å². The molecule has 2 saturated carbocycles. The summed E-state index contributed by atoms with van der Waals surface area (Å²) in [5.74, 6) is 6.06. The quantitative estimate of drug-likeness (QED) is 0.146. The molecular formula is C48H52Cl2F2N12O2. The number of hydrogen-bond acceptors (Lipinski definition) is 12. The van der Waals surface area contributed by atoms with Gasteiger partial charge < -0.3 is 19.3 Å². The molecule has 2 aromatic carbocycles. The van der Waals surface area contributed by atoms with Crippen LogP contribution in [0.25, 0.3) is 0 Å². The Hall–Kier alpha value is -5.16. The normalized spacial score (nSPS) is 26.5. The molecule has 0 radical (unpaired) electrons. The Labute approximate surface area is 392 Å². The van der Waals surface area contributed by atoms with Crippen molar-refractivity contribution in [1.82, 2.24) is 49.9 Å². The lowest BCUT2D eigenvalue weighted by atomic mass is 9.82. The molecule has 12 rings (SSSR count). The van der Waals surface area contributed by atoms with E-state index < -0.39 is 12.2 Å². The maximum absolute atomic E-state index is 13.9. The molecule has 18 heteroatoms. The van der Waals surface area contributed by atoms with Gasteiger partial charge in [-0.25, -0.2) is 28.1 Å². The summed E-state index contributed by atoms with van der Waals surface area (Å²) in [5.41, 5.74) is 5.59. The molecule has 4 aromatic heterocycles. The number of benzene rings is 2. The highest BCUT2D eigenvalue weighted by atomic mass is 35.5. The largest absolute Gasteiger partial charge is 0.370 e. The summed E-state index contributed by atoms with van der Waals surface area (Å²) in [7, 11) is 0. The average molecular weight is 938 g/mol. The lowest BCUT2D eigenvalue weighted by Gasteiger charge is -2.39. The molecule has 8 heterocycles. The van der Waals surface area contributed by atoms with Crippen LogP contribution < -0.4 is 9.80 Å². The number of fused-ring (bicyclic) bond motifs is 6. The van der Waals surface area contributed by atoms with Gasteiger partial charge in [0.25, 0.3) is 0 Å². The fourth-order valence-corrected chi connectivity index (χ4v) is 12.2. The molecule has 0 spiro atoms. The maximum Gasteiger partial charge on any atom is 0.161 e. The number of ether oxygens (including phenoxy) is 2. The van der Waals surface area contributed by atoms with Crippen molar-refractivity contribution in [1.29, 1.82) is 0 Å². The van der Waals surface area contributed by atoms with E-state index in [-0.39, 0.29) is 11.6 Å². The van der Waals surface area contributed by atoms with Gasteiger partial charge in [0.2, 0.25) is 0 Å². The maximum atomic E-state index is 13.9. The number of rotatable bonds is 8. The number of halogens is 4. The molecule has 4 bridgehead atoms. The predicted octanol–water partition coefficient (Wildman–Crippen LogP) is 7.99. The minimum atomic E-state index is -0.450. The third kappa shape index (κ3) is 8.89. The van der Waals surface area contributed by atoms with Crippen LogP contribution in [-0.2, 0) is 35.4 Å². The SMILES string of the molecule is Cc1cc(N2C[C@H]3CC[C@@H](C2)C3Cc2nc3n(n2)CCO[C@@H]3c2cc(F)cc(Cl)c2)cnn1.Cc1cc(N2C[C@H]3CC[C@@H](C2)C3Cc2nc3n(n2)CCO[C@H]3c2cc(F)cc(Cl)c2)cnn1. The van der Waals surface area contributed by atoms with Gasteiger partial charge in [-0.2, -0.15) is 30.6 Å². The first kappa shape index (κ1) is 43.4. The zero-order valence-electron chi connectivity index (χ0n) is 37.0. The third-order valence-electron chi connectivity index (χ3n) is 14.7. The van der Waals surface area contributed by atoms with Crippen molar-refractivity contribution in [3.63, 3.8) is 0 Å². The highest BCUT2D eigenvalue weighted by Crippen LogP contribution is 2.46. The Bertz CT molecular complexity index is 2490. The highest BCUT2D eigenvalue weighted by Gasteiger charge is 2.44. The standard InChI is InChI=1S/2C24H26ClFN6O/c2*1-14-6-20(11-27-29-14)31-12-15-2-3-16(13-31)21(15)10-22-28-24-23(33-5-4-32(24)30-22)17-7-18(25)9-19(26)8-17/h2*6-9,11,15-16,21,23H,2-5,10,12-13H2,1H3/t2*15-,16+,21?,23-/m10/s1. The molecule has 2 aliphatic carbocycles.